The fraction of sp³-hybridized carbons (Fsp3) is 0.277. The van der Waals surface area contributed by atoms with E-state index in [-0.39, 0.29) is 23.9 Å². The van der Waals surface area contributed by atoms with E-state index >= 15 is 0 Å². The van der Waals surface area contributed by atoms with Crippen molar-refractivity contribution in [2.75, 3.05) is 13.1 Å². The summed E-state index contributed by atoms with van der Waals surface area (Å²) in [6.07, 6.45) is 6.59. The molecule has 7 aromatic rings. The fourth-order valence-electron chi connectivity index (χ4n) is 8.42. The van der Waals surface area contributed by atoms with E-state index in [0.717, 1.165) is 55.9 Å². The molecule has 0 amide bonds. The van der Waals surface area contributed by atoms with Gasteiger partial charge >= 0.3 is 0 Å². The standard InChI is InChI=1S/C25H21F2N3O2S2.C12H12BrN3O2S2.C10H11Br.ClH/c1-16-11-17(18-6-8-23(26)24(27)12-18)5-7-20(16)22-4-2-3-19-13-30(10-9-21(19)22)34(31,32)14-25-29-28-15-33-25;13-11-3-1-2-9-6-16(5-4-10(9)11)20(17,18)7-12-15-14-8-19-12;11-10-7-3-5-8-4-1-2-6-9(8)10;/h2-8,11-12,15H,9-10,13-14H2,1H3;1-3,8H,4-7H2;3,5,7H,1-2,4,6H2;1H. The minimum atomic E-state index is -3.49. The van der Waals surface area contributed by atoms with Gasteiger partial charge in [-0.1, -0.05) is 98.6 Å². The third kappa shape index (κ3) is 11.9. The molecule has 0 N–H and O–H groups in total. The molecular formula is C47H45Br2ClF2N6O4S4. The first-order valence-electron chi connectivity index (χ1n) is 20.9. The van der Waals surface area contributed by atoms with Crippen LogP contribution >= 0.6 is 66.9 Å². The zero-order valence-electron chi connectivity index (χ0n) is 35.7. The molecule has 0 atom stereocenters. The zero-order valence-corrected chi connectivity index (χ0v) is 42.9. The summed E-state index contributed by atoms with van der Waals surface area (Å²) in [5, 5.41) is 16.1. The number of nitrogens with zero attached hydrogens (tertiary/aromatic N) is 6. The molecule has 0 saturated carbocycles. The molecule has 0 saturated heterocycles. The molecule has 0 spiro atoms. The van der Waals surface area contributed by atoms with Gasteiger partial charge in [-0.05, 0) is 131 Å². The second kappa shape index (κ2) is 22.1. The van der Waals surface area contributed by atoms with E-state index in [1.165, 1.54) is 78.6 Å². The lowest BCUT2D eigenvalue weighted by atomic mass is 9.88. The van der Waals surface area contributed by atoms with Gasteiger partial charge in [-0.25, -0.2) is 25.6 Å². The molecule has 3 aliphatic rings. The molecule has 4 heterocycles. The molecule has 0 fully saturated rings. The predicted octanol–water partition coefficient (Wildman–Crippen LogP) is 11.3. The largest absolute Gasteiger partial charge is 0.221 e. The average molecular weight is 1120 g/mol. The van der Waals surface area contributed by atoms with E-state index in [1.54, 1.807) is 22.7 Å². The lowest BCUT2D eigenvalue weighted by Gasteiger charge is -2.29. The second-order valence-electron chi connectivity index (χ2n) is 15.9. The summed E-state index contributed by atoms with van der Waals surface area (Å²) in [6, 6.07) is 28.1. The van der Waals surface area contributed by atoms with E-state index in [0.29, 0.717) is 48.2 Å². The van der Waals surface area contributed by atoms with Gasteiger partial charge in [-0.15, -0.1) is 55.5 Å². The Morgan fingerprint density at radius 2 is 1.11 bits per heavy atom. The minimum Gasteiger partial charge on any atom is -0.212 e. The van der Waals surface area contributed by atoms with Gasteiger partial charge in [-0.2, -0.15) is 8.61 Å². The Bertz CT molecular complexity index is 3040. The first-order valence-corrected chi connectivity index (χ1v) is 27.5. The number of aromatic nitrogens is 4. The maximum absolute atomic E-state index is 13.7. The van der Waals surface area contributed by atoms with Crippen molar-refractivity contribution in [1.82, 2.24) is 29.0 Å². The zero-order chi connectivity index (χ0) is 45.7. The number of sulfonamides is 2. The summed E-state index contributed by atoms with van der Waals surface area (Å²) in [5.74, 6) is -1.95. The highest BCUT2D eigenvalue weighted by atomic mass is 79.9. The first kappa shape index (κ1) is 50.0. The lowest BCUT2D eigenvalue weighted by molar-refractivity contribution is 0.390. The van der Waals surface area contributed by atoms with Crippen LogP contribution in [0.4, 0.5) is 8.78 Å². The predicted molar refractivity (Wildman–Crippen MR) is 267 cm³/mol. The van der Waals surface area contributed by atoms with Gasteiger partial charge in [-0.3, -0.25) is 0 Å². The van der Waals surface area contributed by atoms with Crippen molar-refractivity contribution in [3.8, 4) is 22.3 Å². The van der Waals surface area contributed by atoms with Crippen LogP contribution in [0.25, 0.3) is 22.3 Å². The smallest absolute Gasteiger partial charge is 0.212 e. The number of fused-ring (bicyclic) bond motifs is 3. The molecular weight excluding hydrogens is 1070 g/mol. The molecule has 1 aliphatic carbocycles. The number of rotatable bonds is 8. The average Bonchev–Trinajstić information content (AvgIpc) is 4.02. The van der Waals surface area contributed by atoms with E-state index in [2.05, 4.69) is 70.5 Å². The van der Waals surface area contributed by atoms with Crippen molar-refractivity contribution < 1.29 is 25.6 Å². The van der Waals surface area contributed by atoms with Gasteiger partial charge in [0.1, 0.15) is 32.5 Å². The number of aryl methyl sites for hydroxylation is 2. The van der Waals surface area contributed by atoms with Crippen LogP contribution in [0.2, 0.25) is 0 Å². The van der Waals surface area contributed by atoms with Crippen LogP contribution in [0.15, 0.2) is 111 Å². The molecule has 5 aromatic carbocycles. The Morgan fingerprint density at radius 3 is 1.67 bits per heavy atom. The summed E-state index contributed by atoms with van der Waals surface area (Å²) in [5.41, 5.74) is 15.1. The number of hydrogen-bond acceptors (Lipinski definition) is 10. The van der Waals surface area contributed by atoms with Crippen molar-refractivity contribution in [3.05, 3.63) is 172 Å². The van der Waals surface area contributed by atoms with Crippen LogP contribution in [0, 0.1) is 18.6 Å². The van der Waals surface area contributed by atoms with Crippen LogP contribution in [0.3, 0.4) is 0 Å². The number of benzene rings is 5. The van der Waals surface area contributed by atoms with Crippen LogP contribution in [-0.2, 0) is 70.3 Å². The Labute approximate surface area is 415 Å². The second-order valence-corrected chi connectivity index (χ2v) is 23.4. The van der Waals surface area contributed by atoms with E-state index in [9.17, 15) is 25.6 Å². The van der Waals surface area contributed by atoms with Crippen molar-refractivity contribution in [2.24, 2.45) is 0 Å². The minimum absolute atomic E-state index is 0. The fourth-order valence-corrected chi connectivity index (χ4v) is 14.2. The summed E-state index contributed by atoms with van der Waals surface area (Å²) in [6.45, 7) is 3.64. The Morgan fingerprint density at radius 1 is 0.591 bits per heavy atom. The molecule has 0 bridgehead atoms. The quantitative estimate of drug-likeness (QED) is 0.147. The third-order valence-corrected chi connectivity index (χ3v) is 18.4. The third-order valence-electron chi connectivity index (χ3n) is 11.7. The molecule has 19 heteroatoms. The van der Waals surface area contributed by atoms with E-state index in [1.807, 2.05) is 61.5 Å². The topological polar surface area (TPSA) is 126 Å². The summed E-state index contributed by atoms with van der Waals surface area (Å²) < 4.78 is 83.0. The van der Waals surface area contributed by atoms with Gasteiger partial charge in [0.2, 0.25) is 20.0 Å². The van der Waals surface area contributed by atoms with Gasteiger partial charge in [0, 0.05) is 35.1 Å². The molecule has 0 unspecified atom stereocenters. The summed E-state index contributed by atoms with van der Waals surface area (Å²) >= 11 is 9.60. The lowest BCUT2D eigenvalue weighted by Crippen LogP contribution is -2.36. The highest BCUT2D eigenvalue weighted by Gasteiger charge is 2.30. The molecule has 0 radical (unpaired) electrons. The Hall–Kier alpha value is -3.85. The van der Waals surface area contributed by atoms with Gasteiger partial charge in [0.05, 0.1) is 0 Å². The van der Waals surface area contributed by atoms with Crippen LogP contribution in [-0.4, -0.2) is 58.9 Å². The highest BCUT2D eigenvalue weighted by molar-refractivity contribution is 9.10. The maximum atomic E-state index is 13.7. The maximum Gasteiger partial charge on any atom is 0.221 e. The summed E-state index contributed by atoms with van der Waals surface area (Å²) in [4.78, 5) is 0. The normalized spacial score (nSPS) is 14.9. The molecule has 2 aromatic heterocycles. The van der Waals surface area contributed by atoms with Gasteiger partial charge in [0.25, 0.3) is 0 Å². The van der Waals surface area contributed by atoms with Crippen LogP contribution in [0.1, 0.15) is 61.8 Å². The van der Waals surface area contributed by atoms with Crippen molar-refractivity contribution in [3.63, 3.8) is 0 Å². The van der Waals surface area contributed by atoms with E-state index < -0.39 is 31.7 Å². The Balaban J connectivity index is 0.000000170. The van der Waals surface area contributed by atoms with Crippen molar-refractivity contribution >= 4 is 87.0 Å². The summed E-state index contributed by atoms with van der Waals surface area (Å²) in [7, 11) is -6.83. The molecule has 66 heavy (non-hydrogen) atoms. The molecule has 10 nitrogen and oxygen atoms in total. The van der Waals surface area contributed by atoms with Crippen LogP contribution in [0.5, 0.6) is 0 Å². The highest BCUT2D eigenvalue weighted by Crippen LogP contribution is 2.36. The molecule has 10 rings (SSSR count). The Kier molecular flexibility index (Phi) is 16.7. The molecule has 2 aliphatic heterocycles. The van der Waals surface area contributed by atoms with E-state index in [4.69, 9.17) is 0 Å². The first-order chi connectivity index (χ1) is 31.3. The van der Waals surface area contributed by atoms with Gasteiger partial charge < -0.3 is 0 Å². The van der Waals surface area contributed by atoms with Crippen molar-refractivity contribution in [1.29, 1.82) is 0 Å². The van der Waals surface area contributed by atoms with Gasteiger partial charge in [0.15, 0.2) is 11.6 Å². The number of hydrogen-bond donors (Lipinski definition) is 0. The molecule has 346 valence electrons. The SMILES string of the molecule is Brc1cccc2c1CCCC2.Cc1cc(-c2ccc(F)c(F)c2)ccc1-c1cccc2c1CCN(S(=O)(=O)Cc1nncs1)C2.Cl.O=S(=O)(Cc1nncs1)N1CCc2c(Br)cccc2C1. The number of halogens is 5. The monoisotopic (exact) mass is 1120 g/mol. The van der Waals surface area contributed by atoms with Crippen LogP contribution < -0.4 is 0 Å². The van der Waals surface area contributed by atoms with Crippen molar-refractivity contribution in [2.45, 2.75) is 70.0 Å².